The molecule has 0 bridgehead atoms. The second kappa shape index (κ2) is 14.8. The molecule has 9 nitrogen and oxygen atoms in total. The molecular weight excluding hydrogens is 354 g/mol. The summed E-state index contributed by atoms with van der Waals surface area (Å²) in [5, 5.41) is 41.8. The highest BCUT2D eigenvalue weighted by Gasteiger charge is 2.43. The Morgan fingerprint density at radius 1 is 0.926 bits per heavy atom. The Hall–Kier alpha value is -1.19. The molecule has 0 aromatic rings. The fraction of sp³-hybridized carbons (Fsp3) is 0.889. The van der Waals surface area contributed by atoms with Gasteiger partial charge in [-0.15, -0.1) is 0 Å². The Morgan fingerprint density at radius 3 is 2.26 bits per heavy atom. The number of azide groups is 1. The van der Waals surface area contributed by atoms with Crippen LogP contribution < -0.4 is 0 Å². The summed E-state index contributed by atoms with van der Waals surface area (Å²) in [6.07, 6.45) is 6.48. The van der Waals surface area contributed by atoms with Crippen LogP contribution in [0, 0.1) is 0 Å². The Labute approximate surface area is 160 Å². The van der Waals surface area contributed by atoms with E-state index in [-0.39, 0.29) is 6.61 Å². The van der Waals surface area contributed by atoms with Crippen molar-refractivity contribution in [3.8, 4) is 0 Å². The first kappa shape index (κ1) is 23.8. The zero-order chi connectivity index (χ0) is 19.9. The van der Waals surface area contributed by atoms with Crippen molar-refractivity contribution in [3.05, 3.63) is 22.6 Å². The third kappa shape index (κ3) is 9.53. The number of rotatable bonds is 14. The number of nitrogens with zero attached hydrogens (tertiary/aromatic N) is 3. The first-order chi connectivity index (χ1) is 13.1. The zero-order valence-corrected chi connectivity index (χ0v) is 15.8. The molecule has 1 heterocycles. The van der Waals surface area contributed by atoms with Crippen LogP contribution in [-0.4, -0.2) is 70.9 Å². The SMILES string of the molecule is [N-]=[N+]=NCCCCCCCCCC=CCO[C@@H]1O[C@H](CO)[C@H](O)[C@H](O)[C@H]1O. The summed E-state index contributed by atoms with van der Waals surface area (Å²) in [4.78, 5) is 2.73. The molecule has 1 aliphatic heterocycles. The van der Waals surface area contributed by atoms with Crippen molar-refractivity contribution in [2.75, 3.05) is 19.8 Å². The van der Waals surface area contributed by atoms with E-state index in [0.29, 0.717) is 6.54 Å². The van der Waals surface area contributed by atoms with E-state index in [2.05, 4.69) is 10.0 Å². The van der Waals surface area contributed by atoms with Crippen molar-refractivity contribution in [2.24, 2.45) is 5.11 Å². The van der Waals surface area contributed by atoms with Gasteiger partial charge in [0.25, 0.3) is 0 Å². The maximum atomic E-state index is 9.84. The highest BCUT2D eigenvalue weighted by atomic mass is 16.7. The first-order valence-electron chi connectivity index (χ1n) is 9.69. The van der Waals surface area contributed by atoms with Gasteiger partial charge in [0, 0.05) is 11.5 Å². The quantitative estimate of drug-likeness (QED) is 0.117. The van der Waals surface area contributed by atoms with Crippen molar-refractivity contribution in [1.29, 1.82) is 0 Å². The summed E-state index contributed by atoms with van der Waals surface area (Å²) in [6, 6.07) is 0. The predicted molar refractivity (Wildman–Crippen MR) is 99.8 cm³/mol. The fourth-order valence-corrected chi connectivity index (χ4v) is 2.91. The van der Waals surface area contributed by atoms with Crippen LogP contribution in [0.15, 0.2) is 17.3 Å². The van der Waals surface area contributed by atoms with Gasteiger partial charge in [-0.1, -0.05) is 49.4 Å². The number of allylic oxidation sites excluding steroid dienone is 1. The van der Waals surface area contributed by atoms with Gasteiger partial charge in [0.2, 0.25) is 0 Å². The van der Waals surface area contributed by atoms with Crippen molar-refractivity contribution < 1.29 is 29.9 Å². The average molecular weight is 387 g/mol. The van der Waals surface area contributed by atoms with Gasteiger partial charge in [0.15, 0.2) is 6.29 Å². The average Bonchev–Trinajstić information content (AvgIpc) is 2.68. The van der Waals surface area contributed by atoms with E-state index in [1.807, 2.05) is 12.2 Å². The molecule has 1 aliphatic rings. The third-order valence-electron chi connectivity index (χ3n) is 4.56. The number of unbranched alkanes of at least 4 members (excludes halogenated alkanes) is 7. The molecule has 0 saturated carbocycles. The fourth-order valence-electron chi connectivity index (χ4n) is 2.91. The van der Waals surface area contributed by atoms with Crippen molar-refractivity contribution >= 4 is 0 Å². The summed E-state index contributed by atoms with van der Waals surface area (Å²) >= 11 is 0. The van der Waals surface area contributed by atoms with Gasteiger partial charge in [-0.2, -0.15) is 0 Å². The van der Waals surface area contributed by atoms with E-state index in [4.69, 9.17) is 20.1 Å². The van der Waals surface area contributed by atoms with Crippen LogP contribution in [0.1, 0.15) is 51.4 Å². The van der Waals surface area contributed by atoms with Crippen LogP contribution in [0.4, 0.5) is 0 Å². The van der Waals surface area contributed by atoms with Crippen LogP contribution in [-0.2, 0) is 9.47 Å². The van der Waals surface area contributed by atoms with Gasteiger partial charge < -0.3 is 29.9 Å². The number of hydrogen-bond acceptors (Lipinski definition) is 7. The highest BCUT2D eigenvalue weighted by Crippen LogP contribution is 2.21. The van der Waals surface area contributed by atoms with Gasteiger partial charge >= 0.3 is 0 Å². The molecule has 156 valence electrons. The smallest absolute Gasteiger partial charge is 0.187 e. The van der Waals surface area contributed by atoms with Crippen LogP contribution in [0.25, 0.3) is 10.4 Å². The molecule has 1 rings (SSSR count). The standard InChI is InChI=1S/C18H33N3O6/c19-21-20-11-9-7-5-3-1-2-4-6-8-10-12-26-18-17(25)16(24)15(23)14(13-22)27-18/h8,10,14-18,22-25H,1-7,9,11-13H2/t14-,15+,16+,17-,18-/m1/s1. The Kier molecular flexibility index (Phi) is 13.1. The minimum Gasteiger partial charge on any atom is -0.394 e. The molecule has 0 aromatic carbocycles. The summed E-state index contributed by atoms with van der Waals surface area (Å²) in [5.74, 6) is 0. The zero-order valence-electron chi connectivity index (χ0n) is 15.8. The maximum Gasteiger partial charge on any atom is 0.187 e. The lowest BCUT2D eigenvalue weighted by atomic mass is 9.99. The Bertz CT molecular complexity index is 456. The molecule has 9 heteroatoms. The maximum absolute atomic E-state index is 9.84. The lowest BCUT2D eigenvalue weighted by molar-refractivity contribution is -0.298. The van der Waals surface area contributed by atoms with E-state index in [9.17, 15) is 15.3 Å². The molecule has 0 aliphatic carbocycles. The van der Waals surface area contributed by atoms with Crippen LogP contribution in [0.2, 0.25) is 0 Å². The topological polar surface area (TPSA) is 148 Å². The molecular formula is C18H33N3O6. The lowest BCUT2D eigenvalue weighted by Crippen LogP contribution is -2.59. The first-order valence-corrected chi connectivity index (χ1v) is 9.69. The van der Waals surface area contributed by atoms with Gasteiger partial charge in [-0.25, -0.2) is 0 Å². The normalized spacial score (nSPS) is 28.4. The molecule has 0 radical (unpaired) electrons. The summed E-state index contributed by atoms with van der Waals surface area (Å²) in [6.45, 7) is 0.342. The third-order valence-corrected chi connectivity index (χ3v) is 4.56. The second-order valence-corrected chi connectivity index (χ2v) is 6.72. The van der Waals surface area contributed by atoms with Crippen LogP contribution in [0.3, 0.4) is 0 Å². The van der Waals surface area contributed by atoms with Gasteiger partial charge in [-0.3, -0.25) is 0 Å². The van der Waals surface area contributed by atoms with Gasteiger partial charge in [-0.05, 0) is 24.8 Å². The molecule has 1 saturated heterocycles. The predicted octanol–water partition coefficient (Wildman–Crippen LogP) is 1.79. The number of ether oxygens (including phenoxy) is 2. The Balaban J connectivity index is 2.02. The molecule has 0 unspecified atom stereocenters. The minimum absolute atomic E-state index is 0.216. The number of aliphatic hydroxyl groups is 4. The highest BCUT2D eigenvalue weighted by molar-refractivity contribution is 4.89. The van der Waals surface area contributed by atoms with Crippen molar-refractivity contribution in [3.63, 3.8) is 0 Å². The molecule has 4 N–H and O–H groups in total. The number of aliphatic hydroxyl groups excluding tert-OH is 4. The Morgan fingerprint density at radius 2 is 1.59 bits per heavy atom. The largest absolute Gasteiger partial charge is 0.394 e. The van der Waals surface area contributed by atoms with E-state index in [1.165, 1.54) is 19.3 Å². The molecule has 27 heavy (non-hydrogen) atoms. The second-order valence-electron chi connectivity index (χ2n) is 6.72. The molecule has 1 fully saturated rings. The van der Waals surface area contributed by atoms with Crippen molar-refractivity contribution in [2.45, 2.75) is 82.1 Å². The number of hydrogen-bond donors (Lipinski definition) is 4. The van der Waals surface area contributed by atoms with Crippen molar-refractivity contribution in [1.82, 2.24) is 0 Å². The summed E-state index contributed by atoms with van der Waals surface area (Å²) in [5.41, 5.74) is 8.16. The molecule has 0 amide bonds. The van der Waals surface area contributed by atoms with Gasteiger partial charge in [0.05, 0.1) is 13.2 Å². The van der Waals surface area contributed by atoms with Gasteiger partial charge in [0.1, 0.15) is 24.4 Å². The summed E-state index contributed by atoms with van der Waals surface area (Å²) < 4.78 is 10.6. The lowest BCUT2D eigenvalue weighted by Gasteiger charge is -2.39. The van der Waals surface area contributed by atoms with E-state index < -0.39 is 37.3 Å². The minimum atomic E-state index is -1.41. The molecule has 0 spiro atoms. The van der Waals surface area contributed by atoms with Crippen LogP contribution in [0.5, 0.6) is 0 Å². The summed E-state index contributed by atoms with van der Waals surface area (Å²) in [7, 11) is 0. The van der Waals surface area contributed by atoms with E-state index in [1.54, 1.807) is 0 Å². The molecule has 5 atom stereocenters. The van der Waals surface area contributed by atoms with E-state index in [0.717, 1.165) is 32.1 Å². The monoisotopic (exact) mass is 387 g/mol. The van der Waals surface area contributed by atoms with Crippen LogP contribution >= 0.6 is 0 Å². The molecule has 0 aromatic heterocycles. The van der Waals surface area contributed by atoms with E-state index >= 15 is 0 Å².